The molecule has 0 amide bonds. The lowest BCUT2D eigenvalue weighted by molar-refractivity contribution is -0.142. The molecular weight excluding hydrogens is 204 g/mol. The topological polar surface area (TPSA) is 27.7 Å². The Morgan fingerprint density at radius 2 is 1.81 bits per heavy atom. The fourth-order valence-corrected chi connectivity index (χ4v) is 1.47. The molecule has 0 saturated heterocycles. The molecule has 1 aromatic rings. The van der Waals surface area contributed by atoms with Crippen LogP contribution in [0.15, 0.2) is 18.2 Å². The van der Waals surface area contributed by atoms with E-state index in [1.165, 1.54) is 16.7 Å². The van der Waals surface area contributed by atoms with Crippen molar-refractivity contribution in [2.75, 3.05) is 20.8 Å². The first kappa shape index (κ1) is 13.2. The molecule has 3 heteroatoms. The van der Waals surface area contributed by atoms with Gasteiger partial charge in [-0.25, -0.2) is 0 Å². The van der Waals surface area contributed by atoms with E-state index in [0.717, 1.165) is 0 Å². The second kappa shape index (κ2) is 6.63. The lowest BCUT2D eigenvalue weighted by Gasteiger charge is -2.14. The zero-order valence-electron chi connectivity index (χ0n) is 10.4. The fourth-order valence-electron chi connectivity index (χ4n) is 1.47. The highest BCUT2D eigenvalue weighted by molar-refractivity contribution is 5.32. The Labute approximate surface area is 97.3 Å². The maximum Gasteiger partial charge on any atom is 0.180 e. The van der Waals surface area contributed by atoms with Crippen LogP contribution in [0.4, 0.5) is 0 Å². The Hall–Kier alpha value is -0.900. The number of benzene rings is 1. The predicted octanol–water partition coefficient (Wildman–Crippen LogP) is 2.44. The third-order valence-corrected chi connectivity index (χ3v) is 2.75. The van der Waals surface area contributed by atoms with Gasteiger partial charge in [0, 0.05) is 14.2 Å². The molecular formula is C13H20O3. The van der Waals surface area contributed by atoms with Crippen molar-refractivity contribution in [3.05, 3.63) is 34.9 Å². The van der Waals surface area contributed by atoms with Crippen molar-refractivity contribution in [2.45, 2.75) is 26.7 Å². The third kappa shape index (κ3) is 3.59. The zero-order chi connectivity index (χ0) is 12.0. The van der Waals surface area contributed by atoms with Crippen LogP contribution in [0.25, 0.3) is 0 Å². The van der Waals surface area contributed by atoms with Crippen LogP contribution in [-0.2, 0) is 20.8 Å². The van der Waals surface area contributed by atoms with E-state index in [1.807, 2.05) is 6.07 Å². The molecule has 0 fully saturated rings. The standard InChI is InChI=1S/C13H20O3/c1-10-6-5-7-12(11(10)2)8-16-9-13(14-3)15-4/h5-7,13H,8-9H2,1-4H3. The third-order valence-electron chi connectivity index (χ3n) is 2.75. The first-order valence-corrected chi connectivity index (χ1v) is 5.37. The van der Waals surface area contributed by atoms with Crippen molar-refractivity contribution in [3.8, 4) is 0 Å². The van der Waals surface area contributed by atoms with Crippen molar-refractivity contribution in [1.82, 2.24) is 0 Å². The van der Waals surface area contributed by atoms with Gasteiger partial charge in [-0.1, -0.05) is 18.2 Å². The van der Waals surface area contributed by atoms with Crippen molar-refractivity contribution in [3.63, 3.8) is 0 Å². The molecule has 0 aliphatic carbocycles. The average molecular weight is 224 g/mol. The molecule has 90 valence electrons. The van der Waals surface area contributed by atoms with Crippen LogP contribution in [0.1, 0.15) is 16.7 Å². The Morgan fingerprint density at radius 1 is 1.12 bits per heavy atom. The Morgan fingerprint density at radius 3 is 2.44 bits per heavy atom. The first-order valence-electron chi connectivity index (χ1n) is 5.37. The minimum Gasteiger partial charge on any atom is -0.371 e. The van der Waals surface area contributed by atoms with Gasteiger partial charge in [0.2, 0.25) is 0 Å². The van der Waals surface area contributed by atoms with E-state index in [1.54, 1.807) is 14.2 Å². The van der Waals surface area contributed by atoms with Crippen LogP contribution < -0.4 is 0 Å². The zero-order valence-corrected chi connectivity index (χ0v) is 10.4. The van der Waals surface area contributed by atoms with Gasteiger partial charge in [-0.3, -0.25) is 0 Å². The molecule has 0 aliphatic rings. The van der Waals surface area contributed by atoms with Crippen LogP contribution in [0.3, 0.4) is 0 Å². The minimum absolute atomic E-state index is 0.287. The van der Waals surface area contributed by atoms with Gasteiger partial charge in [0.25, 0.3) is 0 Å². The lowest BCUT2D eigenvalue weighted by atomic mass is 10.0. The number of hydrogen-bond acceptors (Lipinski definition) is 3. The Balaban J connectivity index is 2.46. The Bertz CT molecular complexity index is 319. The van der Waals surface area contributed by atoms with E-state index in [0.29, 0.717) is 13.2 Å². The normalized spacial score (nSPS) is 11.1. The minimum atomic E-state index is -0.287. The van der Waals surface area contributed by atoms with Crippen LogP contribution in [0, 0.1) is 13.8 Å². The molecule has 0 spiro atoms. The molecule has 0 unspecified atom stereocenters. The summed E-state index contributed by atoms with van der Waals surface area (Å²) in [6.45, 7) is 5.25. The summed E-state index contributed by atoms with van der Waals surface area (Å²) in [4.78, 5) is 0. The highest BCUT2D eigenvalue weighted by Gasteiger charge is 2.06. The van der Waals surface area contributed by atoms with Crippen molar-refractivity contribution >= 4 is 0 Å². The largest absolute Gasteiger partial charge is 0.371 e. The number of aryl methyl sites for hydroxylation is 1. The quantitative estimate of drug-likeness (QED) is 0.695. The summed E-state index contributed by atoms with van der Waals surface area (Å²) >= 11 is 0. The molecule has 0 atom stereocenters. The van der Waals surface area contributed by atoms with Gasteiger partial charge in [-0.2, -0.15) is 0 Å². The molecule has 0 aromatic heterocycles. The lowest BCUT2D eigenvalue weighted by Crippen LogP contribution is -2.20. The molecule has 3 nitrogen and oxygen atoms in total. The van der Waals surface area contributed by atoms with E-state index in [2.05, 4.69) is 26.0 Å². The number of ether oxygens (including phenoxy) is 3. The highest BCUT2D eigenvalue weighted by Crippen LogP contribution is 2.13. The SMILES string of the molecule is COC(COCc1cccc(C)c1C)OC. The van der Waals surface area contributed by atoms with E-state index < -0.39 is 0 Å². The number of methoxy groups -OCH3 is 2. The van der Waals surface area contributed by atoms with Gasteiger partial charge < -0.3 is 14.2 Å². The van der Waals surface area contributed by atoms with Gasteiger partial charge in [0.1, 0.15) is 0 Å². The van der Waals surface area contributed by atoms with Gasteiger partial charge in [-0.15, -0.1) is 0 Å². The molecule has 0 N–H and O–H groups in total. The summed E-state index contributed by atoms with van der Waals surface area (Å²) in [5.41, 5.74) is 3.79. The summed E-state index contributed by atoms with van der Waals surface area (Å²) < 4.78 is 15.6. The maximum absolute atomic E-state index is 5.55. The molecule has 1 aromatic carbocycles. The summed E-state index contributed by atoms with van der Waals surface area (Å²) in [6.07, 6.45) is -0.287. The smallest absolute Gasteiger partial charge is 0.180 e. The van der Waals surface area contributed by atoms with Crippen LogP contribution >= 0.6 is 0 Å². The van der Waals surface area contributed by atoms with E-state index >= 15 is 0 Å². The van der Waals surface area contributed by atoms with Crippen LogP contribution in [0.2, 0.25) is 0 Å². The van der Waals surface area contributed by atoms with Gasteiger partial charge in [0.05, 0.1) is 13.2 Å². The van der Waals surface area contributed by atoms with Gasteiger partial charge in [-0.05, 0) is 30.5 Å². The molecule has 16 heavy (non-hydrogen) atoms. The maximum atomic E-state index is 5.55. The second-order valence-corrected chi connectivity index (χ2v) is 3.78. The summed E-state index contributed by atoms with van der Waals surface area (Å²) in [7, 11) is 3.21. The molecule has 0 aliphatic heterocycles. The molecule has 1 rings (SSSR count). The van der Waals surface area contributed by atoms with Crippen LogP contribution in [0.5, 0.6) is 0 Å². The predicted molar refractivity (Wildman–Crippen MR) is 63.4 cm³/mol. The van der Waals surface area contributed by atoms with Gasteiger partial charge in [0.15, 0.2) is 6.29 Å². The van der Waals surface area contributed by atoms with E-state index in [-0.39, 0.29) is 6.29 Å². The fraction of sp³-hybridized carbons (Fsp3) is 0.538. The number of hydrogen-bond donors (Lipinski definition) is 0. The van der Waals surface area contributed by atoms with E-state index in [4.69, 9.17) is 14.2 Å². The molecule has 0 bridgehead atoms. The summed E-state index contributed by atoms with van der Waals surface area (Å²) in [5, 5.41) is 0. The second-order valence-electron chi connectivity index (χ2n) is 3.78. The monoisotopic (exact) mass is 224 g/mol. The first-order chi connectivity index (χ1) is 7.69. The van der Waals surface area contributed by atoms with Crippen LogP contribution in [-0.4, -0.2) is 27.1 Å². The Kier molecular flexibility index (Phi) is 5.46. The van der Waals surface area contributed by atoms with Gasteiger partial charge >= 0.3 is 0 Å². The van der Waals surface area contributed by atoms with E-state index in [9.17, 15) is 0 Å². The molecule has 0 heterocycles. The van der Waals surface area contributed by atoms with Crippen molar-refractivity contribution < 1.29 is 14.2 Å². The summed E-state index contributed by atoms with van der Waals surface area (Å²) in [6, 6.07) is 6.23. The average Bonchev–Trinajstić information content (AvgIpc) is 2.30. The molecule has 0 radical (unpaired) electrons. The molecule has 0 saturated carbocycles. The number of rotatable bonds is 6. The van der Waals surface area contributed by atoms with Crippen molar-refractivity contribution in [2.24, 2.45) is 0 Å². The highest BCUT2D eigenvalue weighted by atomic mass is 16.7. The van der Waals surface area contributed by atoms with Crippen molar-refractivity contribution in [1.29, 1.82) is 0 Å². The summed E-state index contributed by atoms with van der Waals surface area (Å²) in [5.74, 6) is 0.